The highest BCUT2D eigenvalue weighted by molar-refractivity contribution is 6.04. The first-order chi connectivity index (χ1) is 9.61. The molecule has 1 saturated carbocycles. The molecule has 5 nitrogen and oxygen atoms in total. The van der Waals surface area contributed by atoms with Crippen molar-refractivity contribution in [1.29, 1.82) is 0 Å². The Morgan fingerprint density at radius 2 is 1.95 bits per heavy atom. The molecule has 1 atom stereocenters. The van der Waals surface area contributed by atoms with Crippen molar-refractivity contribution in [3.63, 3.8) is 0 Å². The zero-order valence-electron chi connectivity index (χ0n) is 12.3. The number of carbonyl (C=O) groups is 2. The Morgan fingerprint density at radius 1 is 1.29 bits per heavy atom. The zero-order valence-corrected chi connectivity index (χ0v) is 13.1. The van der Waals surface area contributed by atoms with Crippen LogP contribution in [0.25, 0.3) is 0 Å². The summed E-state index contributed by atoms with van der Waals surface area (Å²) >= 11 is 0. The number of halogens is 1. The van der Waals surface area contributed by atoms with Crippen LogP contribution < -0.4 is 16.0 Å². The lowest BCUT2D eigenvalue weighted by molar-refractivity contribution is -0.119. The molecule has 1 aromatic rings. The second kappa shape index (κ2) is 8.00. The van der Waals surface area contributed by atoms with Gasteiger partial charge in [0.15, 0.2) is 0 Å². The van der Waals surface area contributed by atoms with Gasteiger partial charge in [-0.3, -0.25) is 9.59 Å². The number of nitrogens with one attached hydrogen (secondary N) is 3. The summed E-state index contributed by atoms with van der Waals surface area (Å²) in [5.74, 6) is -0.366. The predicted molar refractivity (Wildman–Crippen MR) is 85.9 cm³/mol. The molecule has 3 N–H and O–H groups in total. The normalized spacial score (nSPS) is 14.8. The van der Waals surface area contributed by atoms with Crippen LogP contribution in [0.2, 0.25) is 0 Å². The first-order valence-corrected chi connectivity index (χ1v) is 6.97. The van der Waals surface area contributed by atoms with Crippen molar-refractivity contribution < 1.29 is 9.59 Å². The molecular weight excluding hydrogens is 290 g/mol. The van der Waals surface area contributed by atoms with E-state index in [9.17, 15) is 9.59 Å². The Morgan fingerprint density at radius 3 is 2.57 bits per heavy atom. The minimum absolute atomic E-state index is 0. The fourth-order valence-corrected chi connectivity index (χ4v) is 1.94. The molecule has 21 heavy (non-hydrogen) atoms. The highest BCUT2D eigenvalue weighted by Crippen LogP contribution is 2.21. The van der Waals surface area contributed by atoms with Crippen molar-refractivity contribution in [2.24, 2.45) is 5.92 Å². The number of para-hydroxylation sites is 1. The molecule has 1 aliphatic rings. The Kier molecular flexibility index (Phi) is 6.65. The van der Waals surface area contributed by atoms with Crippen LogP contribution in [0, 0.1) is 5.92 Å². The van der Waals surface area contributed by atoms with E-state index >= 15 is 0 Å². The molecule has 2 rings (SSSR count). The maximum absolute atomic E-state index is 12.1. The molecule has 1 aliphatic carbocycles. The van der Waals surface area contributed by atoms with Crippen LogP contribution in [0.4, 0.5) is 5.69 Å². The zero-order chi connectivity index (χ0) is 14.5. The molecule has 1 unspecified atom stereocenters. The fourth-order valence-electron chi connectivity index (χ4n) is 1.94. The third kappa shape index (κ3) is 5.02. The summed E-state index contributed by atoms with van der Waals surface area (Å²) in [4.78, 5) is 24.1. The van der Waals surface area contributed by atoms with E-state index in [0.29, 0.717) is 23.8 Å². The van der Waals surface area contributed by atoms with Crippen LogP contribution in [0.1, 0.15) is 30.1 Å². The lowest BCUT2D eigenvalue weighted by atomic mass is 10.1. The standard InChI is InChI=1S/C15H21N3O2.ClH/c1-10(9-16-2)14(19)18-13-6-4-3-5-12(13)15(20)17-11-7-8-11;/h3-6,10-11,16H,7-9H2,1-2H3,(H,17,20)(H,18,19);1H. The first kappa shape index (κ1) is 17.5. The third-order valence-electron chi connectivity index (χ3n) is 3.30. The lowest BCUT2D eigenvalue weighted by Gasteiger charge is -2.14. The Hall–Kier alpha value is -1.59. The van der Waals surface area contributed by atoms with Crippen molar-refractivity contribution in [2.75, 3.05) is 18.9 Å². The number of hydrogen-bond acceptors (Lipinski definition) is 3. The summed E-state index contributed by atoms with van der Waals surface area (Å²) < 4.78 is 0. The van der Waals surface area contributed by atoms with Gasteiger partial charge in [-0.05, 0) is 32.0 Å². The van der Waals surface area contributed by atoms with Gasteiger partial charge < -0.3 is 16.0 Å². The molecule has 0 heterocycles. The molecule has 0 aliphatic heterocycles. The Labute approximate surface area is 131 Å². The van der Waals surface area contributed by atoms with E-state index in [-0.39, 0.29) is 30.1 Å². The number of anilines is 1. The number of amides is 2. The summed E-state index contributed by atoms with van der Waals surface area (Å²) in [7, 11) is 1.81. The molecule has 1 aromatic carbocycles. The van der Waals surface area contributed by atoms with Crippen LogP contribution in [-0.4, -0.2) is 31.4 Å². The second-order valence-electron chi connectivity index (χ2n) is 5.24. The smallest absolute Gasteiger partial charge is 0.253 e. The van der Waals surface area contributed by atoms with Crippen molar-refractivity contribution in [1.82, 2.24) is 10.6 Å². The summed E-state index contributed by atoms with van der Waals surface area (Å²) in [6.07, 6.45) is 2.08. The SMILES string of the molecule is CNCC(C)C(=O)Nc1ccccc1C(=O)NC1CC1.Cl. The summed E-state index contributed by atoms with van der Waals surface area (Å²) in [5, 5.41) is 8.73. The molecular formula is C15H22ClN3O2. The molecule has 0 radical (unpaired) electrons. The van der Waals surface area contributed by atoms with Crippen molar-refractivity contribution in [3.8, 4) is 0 Å². The third-order valence-corrected chi connectivity index (χ3v) is 3.30. The van der Waals surface area contributed by atoms with Gasteiger partial charge in [0, 0.05) is 18.5 Å². The largest absolute Gasteiger partial charge is 0.349 e. The average molecular weight is 312 g/mol. The van der Waals surface area contributed by atoms with Crippen molar-refractivity contribution >= 4 is 29.9 Å². The number of carbonyl (C=O) groups excluding carboxylic acids is 2. The maximum atomic E-state index is 12.1. The summed E-state index contributed by atoms with van der Waals surface area (Å²) in [6.45, 7) is 2.45. The van der Waals surface area contributed by atoms with Gasteiger partial charge in [0.1, 0.15) is 0 Å². The van der Waals surface area contributed by atoms with Gasteiger partial charge in [-0.15, -0.1) is 12.4 Å². The molecule has 1 fully saturated rings. The van der Waals surface area contributed by atoms with E-state index in [0.717, 1.165) is 12.8 Å². The second-order valence-corrected chi connectivity index (χ2v) is 5.24. The van der Waals surface area contributed by atoms with Crippen LogP contribution in [-0.2, 0) is 4.79 Å². The molecule has 0 saturated heterocycles. The predicted octanol–water partition coefficient (Wildman–Crippen LogP) is 1.79. The minimum atomic E-state index is -0.153. The van der Waals surface area contributed by atoms with Crippen LogP contribution in [0.3, 0.4) is 0 Å². The number of hydrogen-bond donors (Lipinski definition) is 3. The quantitative estimate of drug-likeness (QED) is 0.750. The van der Waals surface area contributed by atoms with Gasteiger partial charge in [0.25, 0.3) is 5.91 Å². The number of benzene rings is 1. The van der Waals surface area contributed by atoms with Crippen molar-refractivity contribution in [3.05, 3.63) is 29.8 Å². The summed E-state index contributed by atoms with van der Waals surface area (Å²) in [6, 6.07) is 7.40. The topological polar surface area (TPSA) is 70.2 Å². The van der Waals surface area contributed by atoms with Gasteiger partial charge in [-0.2, -0.15) is 0 Å². The molecule has 2 amide bonds. The summed E-state index contributed by atoms with van der Waals surface area (Å²) in [5.41, 5.74) is 1.09. The first-order valence-electron chi connectivity index (χ1n) is 6.97. The van der Waals surface area contributed by atoms with Crippen molar-refractivity contribution in [2.45, 2.75) is 25.8 Å². The lowest BCUT2D eigenvalue weighted by Crippen LogP contribution is -2.30. The van der Waals surface area contributed by atoms with Crippen LogP contribution in [0.15, 0.2) is 24.3 Å². The fraction of sp³-hybridized carbons (Fsp3) is 0.467. The average Bonchev–Trinajstić information content (AvgIpc) is 3.23. The van der Waals surface area contributed by atoms with E-state index in [1.54, 1.807) is 25.2 Å². The maximum Gasteiger partial charge on any atom is 0.253 e. The minimum Gasteiger partial charge on any atom is -0.349 e. The molecule has 0 bridgehead atoms. The van der Waals surface area contributed by atoms with Gasteiger partial charge in [-0.25, -0.2) is 0 Å². The van der Waals surface area contributed by atoms with Gasteiger partial charge >= 0.3 is 0 Å². The van der Waals surface area contributed by atoms with Crippen LogP contribution in [0.5, 0.6) is 0 Å². The van der Waals surface area contributed by atoms with E-state index in [1.165, 1.54) is 0 Å². The molecule has 0 spiro atoms. The van der Waals surface area contributed by atoms with Gasteiger partial charge in [0.05, 0.1) is 11.3 Å². The van der Waals surface area contributed by atoms with Gasteiger partial charge in [0.2, 0.25) is 5.91 Å². The number of rotatable bonds is 6. The van der Waals surface area contributed by atoms with E-state index < -0.39 is 0 Å². The van der Waals surface area contributed by atoms with Gasteiger partial charge in [-0.1, -0.05) is 19.1 Å². The van der Waals surface area contributed by atoms with Crippen LogP contribution >= 0.6 is 12.4 Å². The molecule has 0 aromatic heterocycles. The van der Waals surface area contributed by atoms with E-state index in [2.05, 4.69) is 16.0 Å². The van der Waals surface area contributed by atoms with E-state index in [1.807, 2.05) is 13.0 Å². The highest BCUT2D eigenvalue weighted by atomic mass is 35.5. The molecule has 6 heteroatoms. The van der Waals surface area contributed by atoms with E-state index in [4.69, 9.17) is 0 Å². The molecule has 116 valence electrons. The monoisotopic (exact) mass is 311 g/mol. The Bertz CT molecular complexity index is 503. The Balaban J connectivity index is 0.00000220. The highest BCUT2D eigenvalue weighted by Gasteiger charge is 2.25.